The van der Waals surface area contributed by atoms with Gasteiger partial charge in [0.2, 0.25) is 0 Å². The Balaban J connectivity index is 0.00000468. The number of ether oxygens (including phenoxy) is 2. The zero-order chi connectivity index (χ0) is 33.1. The Morgan fingerprint density at radius 2 is 1.35 bits per heavy atom. The highest BCUT2D eigenvalue weighted by Crippen LogP contribution is 2.30. The molecule has 5 aromatic carbocycles. The molecule has 0 spiro atoms. The highest BCUT2D eigenvalue weighted by atomic mass is 35.5. The van der Waals surface area contributed by atoms with Crippen LogP contribution in [0.3, 0.4) is 0 Å². The Morgan fingerprint density at radius 3 is 1.96 bits per heavy atom. The van der Waals surface area contributed by atoms with E-state index in [2.05, 4.69) is 24.0 Å². The van der Waals surface area contributed by atoms with Crippen molar-refractivity contribution in [3.05, 3.63) is 173 Å². The molecule has 0 aliphatic carbocycles. The summed E-state index contributed by atoms with van der Waals surface area (Å²) >= 11 is 0. The fourth-order valence-corrected chi connectivity index (χ4v) is 5.99. The molecular formula is C42H40ClNO5. The largest absolute Gasteiger partial charge is 0.486 e. The van der Waals surface area contributed by atoms with E-state index in [9.17, 15) is 9.59 Å². The first-order chi connectivity index (χ1) is 23.6. The molecule has 0 fully saturated rings. The summed E-state index contributed by atoms with van der Waals surface area (Å²) in [4.78, 5) is 29.6. The molecule has 1 atom stereocenters. The number of esters is 1. The van der Waals surface area contributed by atoms with Crippen molar-refractivity contribution >= 4 is 29.3 Å². The van der Waals surface area contributed by atoms with Crippen molar-refractivity contribution in [3.8, 4) is 17.1 Å². The predicted molar refractivity (Wildman–Crippen MR) is 197 cm³/mol. The fourth-order valence-electron chi connectivity index (χ4n) is 5.99. The fraction of sp³-hybridized carbons (Fsp3) is 0.190. The van der Waals surface area contributed by atoms with Gasteiger partial charge in [-0.2, -0.15) is 0 Å². The van der Waals surface area contributed by atoms with Crippen molar-refractivity contribution in [2.24, 2.45) is 0 Å². The Morgan fingerprint density at radius 1 is 0.755 bits per heavy atom. The van der Waals surface area contributed by atoms with Gasteiger partial charge in [-0.25, -0.2) is 0 Å². The summed E-state index contributed by atoms with van der Waals surface area (Å²) in [5.41, 5.74) is 3.87. The number of fused-ring (bicyclic) bond motifs is 1. The van der Waals surface area contributed by atoms with E-state index in [4.69, 9.17) is 13.9 Å². The Hall–Kier alpha value is -5.17. The molecule has 7 heteroatoms. The second-order valence-electron chi connectivity index (χ2n) is 11.8. The molecule has 0 aliphatic rings. The summed E-state index contributed by atoms with van der Waals surface area (Å²) in [6.07, 6.45) is 0.309. The van der Waals surface area contributed by atoms with Crippen LogP contribution in [-0.4, -0.2) is 36.7 Å². The van der Waals surface area contributed by atoms with E-state index < -0.39 is 12.0 Å². The van der Waals surface area contributed by atoms with E-state index in [0.29, 0.717) is 35.6 Å². The normalized spacial score (nSPS) is 11.7. The molecule has 0 radical (unpaired) electrons. The topological polar surface area (TPSA) is 69.0 Å². The monoisotopic (exact) mass is 673 g/mol. The van der Waals surface area contributed by atoms with Gasteiger partial charge in [-0.3, -0.25) is 14.5 Å². The number of carbonyl (C=O) groups excluding carboxylic acids is 1. The molecule has 1 unspecified atom stereocenters. The minimum absolute atomic E-state index is 0. The van der Waals surface area contributed by atoms with Gasteiger partial charge in [0.25, 0.3) is 0 Å². The zero-order valence-electron chi connectivity index (χ0n) is 27.4. The average Bonchev–Trinajstić information content (AvgIpc) is 3.12. The second kappa shape index (κ2) is 17.3. The lowest BCUT2D eigenvalue weighted by Crippen LogP contribution is -2.39. The van der Waals surface area contributed by atoms with Crippen LogP contribution in [0.15, 0.2) is 155 Å². The van der Waals surface area contributed by atoms with Crippen LogP contribution in [0.4, 0.5) is 0 Å². The number of para-hydroxylation sites is 1. The van der Waals surface area contributed by atoms with Gasteiger partial charge in [-0.05, 0) is 41.8 Å². The molecule has 6 rings (SSSR count). The second-order valence-corrected chi connectivity index (χ2v) is 11.8. The highest BCUT2D eigenvalue weighted by Gasteiger charge is 2.28. The van der Waals surface area contributed by atoms with E-state index in [-0.39, 0.29) is 30.4 Å². The molecule has 1 aromatic heterocycles. The van der Waals surface area contributed by atoms with Gasteiger partial charge in [-0.15, -0.1) is 12.4 Å². The summed E-state index contributed by atoms with van der Waals surface area (Å²) in [7, 11) is 0. The molecule has 250 valence electrons. The van der Waals surface area contributed by atoms with Crippen molar-refractivity contribution in [2.45, 2.75) is 31.9 Å². The molecular weight excluding hydrogens is 634 g/mol. The van der Waals surface area contributed by atoms with Gasteiger partial charge in [0.1, 0.15) is 24.4 Å². The molecule has 0 N–H and O–H groups in total. The van der Waals surface area contributed by atoms with Gasteiger partial charge < -0.3 is 13.9 Å². The van der Waals surface area contributed by atoms with Crippen LogP contribution in [-0.2, 0) is 16.1 Å². The first-order valence-corrected chi connectivity index (χ1v) is 16.4. The van der Waals surface area contributed by atoms with E-state index in [0.717, 1.165) is 29.7 Å². The minimum atomic E-state index is -0.623. The predicted octanol–water partition coefficient (Wildman–Crippen LogP) is 8.92. The van der Waals surface area contributed by atoms with E-state index in [1.54, 1.807) is 18.2 Å². The maximum absolute atomic E-state index is 14.2. The van der Waals surface area contributed by atoms with Crippen molar-refractivity contribution < 1.29 is 18.7 Å². The summed E-state index contributed by atoms with van der Waals surface area (Å²) < 4.78 is 19.1. The van der Waals surface area contributed by atoms with Gasteiger partial charge in [-0.1, -0.05) is 134 Å². The van der Waals surface area contributed by atoms with Crippen LogP contribution in [0.5, 0.6) is 5.75 Å². The summed E-state index contributed by atoms with van der Waals surface area (Å²) in [5.74, 6) is -0.0884. The molecule has 49 heavy (non-hydrogen) atoms. The maximum Gasteiger partial charge on any atom is 0.318 e. The van der Waals surface area contributed by atoms with E-state index in [1.807, 2.05) is 109 Å². The molecule has 0 saturated carbocycles. The van der Waals surface area contributed by atoms with Crippen LogP contribution in [0.2, 0.25) is 0 Å². The lowest BCUT2D eigenvalue weighted by Gasteiger charge is -2.29. The number of carbonyl (C=O) groups is 1. The maximum atomic E-state index is 14.2. The van der Waals surface area contributed by atoms with Gasteiger partial charge in [0.05, 0.1) is 5.39 Å². The molecule has 0 amide bonds. The number of hydrogen-bond acceptors (Lipinski definition) is 6. The lowest BCUT2D eigenvalue weighted by atomic mass is 9.91. The molecule has 0 bridgehead atoms. The Labute approximate surface area is 293 Å². The van der Waals surface area contributed by atoms with Crippen molar-refractivity contribution in [3.63, 3.8) is 0 Å². The number of rotatable bonds is 14. The summed E-state index contributed by atoms with van der Waals surface area (Å²) in [6.45, 7) is 4.17. The van der Waals surface area contributed by atoms with Gasteiger partial charge in [0, 0.05) is 24.7 Å². The molecule has 6 nitrogen and oxygen atoms in total. The number of hydrogen-bond donors (Lipinski definition) is 0. The molecule has 0 aliphatic heterocycles. The van der Waals surface area contributed by atoms with Gasteiger partial charge in [0.15, 0.2) is 16.8 Å². The van der Waals surface area contributed by atoms with Crippen molar-refractivity contribution in [1.82, 2.24) is 4.90 Å². The van der Waals surface area contributed by atoms with Crippen LogP contribution >= 0.6 is 12.4 Å². The van der Waals surface area contributed by atoms with E-state index >= 15 is 0 Å². The first kappa shape index (κ1) is 35.1. The standard InChI is InChI=1S/C42H39NO5.ClH/c1-2-26-43(28-31-16-7-3-8-17-31)29-35(47-42(45)40(33-20-11-5-12-21-33)34-22-13-6-14-23-34)30-46-38-25-15-24-36-37(44)27-39(48-41(36)38)32-18-9-4-10-19-32;/h3-25,27,35,40H,2,26,28-30H2,1H3;1H. The number of nitrogens with zero attached hydrogens (tertiary/aromatic N) is 1. The quantitative estimate of drug-likeness (QED) is 0.108. The highest BCUT2D eigenvalue weighted by molar-refractivity contribution is 5.85. The number of benzene rings is 5. The summed E-state index contributed by atoms with van der Waals surface area (Å²) in [6, 6.07) is 46.0. The van der Waals surface area contributed by atoms with Crippen LogP contribution in [0.1, 0.15) is 36.0 Å². The molecule has 1 heterocycles. The summed E-state index contributed by atoms with van der Waals surface area (Å²) in [5, 5.41) is 0.422. The lowest BCUT2D eigenvalue weighted by molar-refractivity contribution is -0.152. The Kier molecular flexibility index (Phi) is 12.4. The third kappa shape index (κ3) is 9.05. The smallest absolute Gasteiger partial charge is 0.318 e. The Bertz CT molecular complexity index is 1930. The average molecular weight is 674 g/mol. The first-order valence-electron chi connectivity index (χ1n) is 16.4. The van der Waals surface area contributed by atoms with Crippen LogP contribution in [0.25, 0.3) is 22.3 Å². The molecule has 0 saturated heterocycles. The van der Waals surface area contributed by atoms with Crippen LogP contribution in [0, 0.1) is 0 Å². The number of halogens is 1. The third-order valence-corrected chi connectivity index (χ3v) is 8.24. The van der Waals surface area contributed by atoms with E-state index in [1.165, 1.54) is 11.6 Å². The van der Waals surface area contributed by atoms with Crippen molar-refractivity contribution in [1.29, 1.82) is 0 Å². The zero-order valence-corrected chi connectivity index (χ0v) is 28.3. The van der Waals surface area contributed by atoms with Gasteiger partial charge >= 0.3 is 5.97 Å². The van der Waals surface area contributed by atoms with Crippen molar-refractivity contribution in [2.75, 3.05) is 19.7 Å². The van der Waals surface area contributed by atoms with Crippen LogP contribution < -0.4 is 10.2 Å². The minimum Gasteiger partial charge on any atom is -0.486 e. The third-order valence-electron chi connectivity index (χ3n) is 8.24. The SMILES string of the molecule is CCCN(Cc1ccccc1)CC(COc1cccc2c(=O)cc(-c3ccccc3)oc12)OC(=O)C(c1ccccc1)c1ccccc1.Cl. The molecule has 6 aromatic rings.